The molecule has 1 aromatic carbocycles. The third-order valence-electron chi connectivity index (χ3n) is 4.66. The fourth-order valence-electron chi connectivity index (χ4n) is 3.36. The number of para-hydroxylation sites is 1. The highest BCUT2D eigenvalue weighted by atomic mass is 32.2. The van der Waals surface area contributed by atoms with Crippen molar-refractivity contribution in [1.82, 2.24) is 10.2 Å². The van der Waals surface area contributed by atoms with Crippen LogP contribution < -0.4 is 5.32 Å². The van der Waals surface area contributed by atoms with Gasteiger partial charge in [0.25, 0.3) is 0 Å². The molecule has 0 unspecified atom stereocenters. The molecule has 0 spiro atoms. The molecule has 5 heteroatoms. The summed E-state index contributed by atoms with van der Waals surface area (Å²) in [5.74, 6) is 0.602. The van der Waals surface area contributed by atoms with Crippen molar-refractivity contribution in [2.45, 2.75) is 51.0 Å². The van der Waals surface area contributed by atoms with Gasteiger partial charge >= 0.3 is 0 Å². The lowest BCUT2D eigenvalue weighted by atomic mass is 9.95. The third-order valence-corrected chi connectivity index (χ3v) is 5.67. The minimum atomic E-state index is 0.145. The first-order chi connectivity index (χ1) is 11.8. The summed E-state index contributed by atoms with van der Waals surface area (Å²) in [7, 11) is 0. The normalized spacial score (nSPS) is 19.5. The summed E-state index contributed by atoms with van der Waals surface area (Å²) in [4.78, 5) is 19.4. The molecule has 1 saturated heterocycles. The maximum absolute atomic E-state index is 12.3. The van der Waals surface area contributed by atoms with Gasteiger partial charge in [-0.05, 0) is 37.8 Å². The van der Waals surface area contributed by atoms with Gasteiger partial charge in [0.1, 0.15) is 0 Å². The van der Waals surface area contributed by atoms with E-state index in [1.165, 1.54) is 32.1 Å². The molecule has 0 atom stereocenters. The van der Waals surface area contributed by atoms with Gasteiger partial charge in [0.05, 0.1) is 11.4 Å². The predicted octanol–water partition coefficient (Wildman–Crippen LogP) is 3.95. The van der Waals surface area contributed by atoms with E-state index in [-0.39, 0.29) is 5.91 Å². The zero-order chi connectivity index (χ0) is 16.6. The van der Waals surface area contributed by atoms with Gasteiger partial charge < -0.3 is 10.2 Å². The molecule has 0 radical (unpaired) electrons. The number of likely N-dealkylation sites (tertiary alicyclic amines) is 1. The first-order valence-electron chi connectivity index (χ1n) is 9.12. The van der Waals surface area contributed by atoms with Crippen LogP contribution in [0.2, 0.25) is 0 Å². The lowest BCUT2D eigenvalue weighted by Gasteiger charge is -2.23. The predicted molar refractivity (Wildman–Crippen MR) is 102 cm³/mol. The van der Waals surface area contributed by atoms with Crippen LogP contribution in [0.15, 0.2) is 35.3 Å². The van der Waals surface area contributed by atoms with Crippen LogP contribution in [0.5, 0.6) is 0 Å². The Kier molecular flexibility index (Phi) is 6.58. The summed E-state index contributed by atoms with van der Waals surface area (Å²) in [6.07, 6.45) is 8.48. The van der Waals surface area contributed by atoms with Crippen molar-refractivity contribution in [2.75, 3.05) is 18.8 Å². The molecule has 1 aromatic rings. The lowest BCUT2D eigenvalue weighted by Crippen LogP contribution is -2.38. The molecule has 4 nitrogen and oxygen atoms in total. The molecular weight excluding hydrogens is 318 g/mol. The van der Waals surface area contributed by atoms with Crippen molar-refractivity contribution in [2.24, 2.45) is 4.99 Å². The number of hydrogen-bond acceptors (Lipinski definition) is 3. The number of nitrogens with zero attached hydrogens (tertiary/aromatic N) is 2. The van der Waals surface area contributed by atoms with E-state index in [0.29, 0.717) is 11.8 Å². The number of amidine groups is 1. The zero-order valence-electron chi connectivity index (χ0n) is 14.2. The van der Waals surface area contributed by atoms with Crippen LogP contribution in [0.1, 0.15) is 44.9 Å². The van der Waals surface area contributed by atoms with Gasteiger partial charge in [-0.2, -0.15) is 0 Å². The summed E-state index contributed by atoms with van der Waals surface area (Å²) >= 11 is 1.57. The van der Waals surface area contributed by atoms with Crippen LogP contribution in [-0.2, 0) is 4.79 Å². The molecule has 1 aliphatic heterocycles. The standard InChI is InChI=1S/C19H27N3OS/c23-18(20-16-9-3-1-4-10-16)15-24-19(22-13-7-8-14-22)21-17-11-5-2-6-12-17/h2,5-6,11-12,16H,1,3-4,7-10,13-15H2,(H,20,23). The average Bonchev–Trinajstić information content (AvgIpc) is 3.15. The topological polar surface area (TPSA) is 44.7 Å². The Bertz CT molecular complexity index is 549. The SMILES string of the molecule is O=C(CSC(=Nc1ccccc1)N1CCCC1)NC1CCCCC1. The highest BCUT2D eigenvalue weighted by Crippen LogP contribution is 2.21. The van der Waals surface area contributed by atoms with Crippen LogP contribution in [0.25, 0.3) is 0 Å². The van der Waals surface area contributed by atoms with Gasteiger partial charge in [-0.15, -0.1) is 0 Å². The number of hydrogen-bond donors (Lipinski definition) is 1. The Morgan fingerprint density at radius 3 is 2.50 bits per heavy atom. The Labute approximate surface area is 149 Å². The summed E-state index contributed by atoms with van der Waals surface area (Å²) < 4.78 is 0. The summed E-state index contributed by atoms with van der Waals surface area (Å²) in [5.41, 5.74) is 0.958. The minimum Gasteiger partial charge on any atom is -0.353 e. The minimum absolute atomic E-state index is 0.145. The number of nitrogens with one attached hydrogen (secondary N) is 1. The number of carbonyl (C=O) groups excluding carboxylic acids is 1. The second kappa shape index (κ2) is 9.11. The molecular formula is C19H27N3OS. The van der Waals surface area contributed by atoms with Crippen molar-refractivity contribution in [3.05, 3.63) is 30.3 Å². The van der Waals surface area contributed by atoms with Crippen LogP contribution in [0.3, 0.4) is 0 Å². The van der Waals surface area contributed by atoms with E-state index < -0.39 is 0 Å². The Balaban J connectivity index is 1.57. The summed E-state index contributed by atoms with van der Waals surface area (Å²) in [6.45, 7) is 2.09. The lowest BCUT2D eigenvalue weighted by molar-refractivity contribution is -0.119. The second-order valence-electron chi connectivity index (χ2n) is 6.62. The highest BCUT2D eigenvalue weighted by Gasteiger charge is 2.20. The molecule has 1 amide bonds. The molecule has 1 N–H and O–H groups in total. The van der Waals surface area contributed by atoms with Crippen molar-refractivity contribution < 1.29 is 4.79 Å². The smallest absolute Gasteiger partial charge is 0.230 e. The molecule has 1 heterocycles. The highest BCUT2D eigenvalue weighted by molar-refractivity contribution is 8.14. The summed E-state index contributed by atoms with van der Waals surface area (Å²) in [6, 6.07) is 10.4. The van der Waals surface area contributed by atoms with E-state index >= 15 is 0 Å². The van der Waals surface area contributed by atoms with E-state index in [1.807, 2.05) is 30.3 Å². The van der Waals surface area contributed by atoms with Gasteiger partial charge in [0.15, 0.2) is 5.17 Å². The van der Waals surface area contributed by atoms with Crippen molar-refractivity contribution in [3.63, 3.8) is 0 Å². The quantitative estimate of drug-likeness (QED) is 0.664. The van der Waals surface area contributed by atoms with Crippen molar-refractivity contribution in [1.29, 1.82) is 0 Å². The Morgan fingerprint density at radius 2 is 1.79 bits per heavy atom. The molecule has 130 valence electrons. The first kappa shape index (κ1) is 17.3. The molecule has 1 saturated carbocycles. The molecule has 1 aliphatic carbocycles. The Hall–Kier alpha value is -1.49. The second-order valence-corrected chi connectivity index (χ2v) is 7.56. The third kappa shape index (κ3) is 5.26. The fourth-order valence-corrected chi connectivity index (χ4v) is 4.24. The average molecular weight is 346 g/mol. The molecule has 2 aliphatic rings. The van der Waals surface area contributed by atoms with Crippen LogP contribution in [-0.4, -0.2) is 40.9 Å². The van der Waals surface area contributed by atoms with Gasteiger partial charge in [0, 0.05) is 19.1 Å². The maximum Gasteiger partial charge on any atom is 0.230 e. The van der Waals surface area contributed by atoms with Crippen molar-refractivity contribution in [3.8, 4) is 0 Å². The number of amides is 1. The van der Waals surface area contributed by atoms with E-state index in [1.54, 1.807) is 11.8 Å². The first-order valence-corrected chi connectivity index (χ1v) is 10.1. The van der Waals surface area contributed by atoms with E-state index in [2.05, 4.69) is 10.2 Å². The fraction of sp³-hybridized carbons (Fsp3) is 0.579. The van der Waals surface area contributed by atoms with Crippen molar-refractivity contribution >= 4 is 28.5 Å². The molecule has 3 rings (SSSR count). The van der Waals surface area contributed by atoms with Gasteiger partial charge in [-0.1, -0.05) is 49.2 Å². The molecule has 2 fully saturated rings. The largest absolute Gasteiger partial charge is 0.353 e. The number of carbonyl (C=O) groups is 1. The van der Waals surface area contributed by atoms with Crippen LogP contribution in [0, 0.1) is 0 Å². The summed E-state index contributed by atoms with van der Waals surface area (Å²) in [5, 5.41) is 4.18. The van der Waals surface area contributed by atoms with Crippen LogP contribution >= 0.6 is 11.8 Å². The maximum atomic E-state index is 12.3. The van der Waals surface area contributed by atoms with E-state index in [0.717, 1.165) is 36.8 Å². The van der Waals surface area contributed by atoms with E-state index in [4.69, 9.17) is 4.99 Å². The number of thioether (sulfide) groups is 1. The zero-order valence-corrected chi connectivity index (χ0v) is 15.1. The molecule has 0 bridgehead atoms. The molecule has 0 aromatic heterocycles. The number of aliphatic imine (C=N–C) groups is 1. The number of rotatable bonds is 4. The van der Waals surface area contributed by atoms with E-state index in [9.17, 15) is 4.79 Å². The van der Waals surface area contributed by atoms with Crippen LogP contribution in [0.4, 0.5) is 5.69 Å². The monoisotopic (exact) mass is 345 g/mol. The van der Waals surface area contributed by atoms with Gasteiger partial charge in [0.2, 0.25) is 5.91 Å². The number of benzene rings is 1. The van der Waals surface area contributed by atoms with Gasteiger partial charge in [-0.3, -0.25) is 4.79 Å². The van der Waals surface area contributed by atoms with Gasteiger partial charge in [-0.25, -0.2) is 4.99 Å². The Morgan fingerprint density at radius 1 is 1.08 bits per heavy atom. The molecule has 24 heavy (non-hydrogen) atoms.